The molecular weight excluding hydrogens is 682 g/mol. The number of aliphatic hydroxyl groups excluding tert-OH is 1. The molecule has 1 aromatic rings. The van der Waals surface area contributed by atoms with Crippen molar-refractivity contribution in [1.29, 1.82) is 0 Å². The van der Waals surface area contributed by atoms with E-state index in [1.165, 1.54) is 7.11 Å². The molecule has 3 amide bonds. The molecule has 0 aliphatic carbocycles. The number of benzene rings is 1. The topological polar surface area (TPSA) is 135 Å². The molecule has 0 saturated carbocycles. The molecule has 1 unspecified atom stereocenters. The zero-order valence-electron chi connectivity index (χ0n) is 28.0. The summed E-state index contributed by atoms with van der Waals surface area (Å²) in [5.74, 6) is -3.45. The van der Waals surface area contributed by atoms with Crippen LogP contribution < -0.4 is 5.32 Å². The number of hydrogen-bond donors (Lipinski definition) is 2. The summed E-state index contributed by atoms with van der Waals surface area (Å²) < 4.78 is 19.0. The van der Waals surface area contributed by atoms with Gasteiger partial charge in [0.15, 0.2) is 0 Å². The van der Waals surface area contributed by atoms with Gasteiger partial charge in [-0.25, -0.2) is 0 Å². The highest BCUT2D eigenvalue weighted by Gasteiger charge is 2.75. The maximum atomic E-state index is 14.8. The van der Waals surface area contributed by atoms with Crippen molar-refractivity contribution in [1.82, 2.24) is 15.1 Å². The third kappa shape index (κ3) is 7.13. The van der Waals surface area contributed by atoms with Crippen LogP contribution in [0.4, 0.5) is 0 Å². The molecule has 5 bridgehead atoms. The molecule has 0 aromatic heterocycles. The van der Waals surface area contributed by atoms with Gasteiger partial charge in [-0.2, -0.15) is 0 Å². The molecule has 2 N–H and O–H groups in total. The number of aliphatic hydroxyl groups is 1. The van der Waals surface area contributed by atoms with E-state index in [1.54, 1.807) is 9.80 Å². The first-order chi connectivity index (χ1) is 23.2. The second kappa shape index (κ2) is 16.1. The normalized spacial score (nSPS) is 32.1. The van der Waals surface area contributed by atoms with Gasteiger partial charge in [0.25, 0.3) is 0 Å². The standard InChI is InChI=1S/C36H48BrN3O8/c1-4-14-23(2)39-18-11-6-10-17-27(42)38-26(22-46-3)30(24-15-8-5-9-16-24)47-35(45)28-29-33(43)40(19-12-7-13-20-41)32(34(39)44)36(29)21-25(37)31(28)48-36/h5-6,8-9,11,15-16,21,23,26,28-32,41H,4,7,10,12-14,17-20,22H2,1-3H3,(H,38,42)/b11-6-/t23?,26-,28+,29-,30-,31+,32+,36-/m0/s1. The van der Waals surface area contributed by atoms with E-state index in [1.807, 2.05) is 55.5 Å². The first-order valence-corrected chi connectivity index (χ1v) is 17.9. The molecule has 1 spiro atoms. The van der Waals surface area contributed by atoms with Crippen molar-refractivity contribution in [2.45, 2.75) is 94.7 Å². The molecule has 8 atom stereocenters. The average Bonchev–Trinajstić information content (AvgIpc) is 3.66. The Kier molecular flexibility index (Phi) is 12.2. The SMILES string of the molecule is CCCC(C)N1C/C=C\CCC(=O)N[C@@H](COC)[C@H](c2ccccc2)OC(=O)[C@H]2[C@@H]3O[C@@]4(C=C3Br)[C@@H]2C(=O)N(CCCCCO)[C@@H]4C1=O. The van der Waals surface area contributed by atoms with Crippen molar-refractivity contribution in [3.05, 3.63) is 58.6 Å². The van der Waals surface area contributed by atoms with Gasteiger partial charge >= 0.3 is 5.97 Å². The number of ether oxygens (including phenoxy) is 3. The first kappa shape index (κ1) is 36.2. The summed E-state index contributed by atoms with van der Waals surface area (Å²) >= 11 is 3.62. The van der Waals surface area contributed by atoms with Crippen LogP contribution in [0.15, 0.2) is 53.0 Å². The number of fused-ring (bicyclic) bond motifs is 2. The summed E-state index contributed by atoms with van der Waals surface area (Å²) in [5, 5.41) is 12.4. The zero-order chi connectivity index (χ0) is 34.4. The van der Waals surface area contributed by atoms with E-state index >= 15 is 0 Å². The minimum Gasteiger partial charge on any atom is -0.455 e. The van der Waals surface area contributed by atoms with Crippen LogP contribution in [0.3, 0.4) is 0 Å². The smallest absolute Gasteiger partial charge is 0.313 e. The van der Waals surface area contributed by atoms with Crippen LogP contribution in [-0.4, -0.2) is 102 Å². The fourth-order valence-electron chi connectivity index (χ4n) is 7.71. The van der Waals surface area contributed by atoms with Crippen molar-refractivity contribution in [3.8, 4) is 0 Å². The minimum atomic E-state index is -1.37. The van der Waals surface area contributed by atoms with Crippen LogP contribution >= 0.6 is 15.9 Å². The number of nitrogens with one attached hydrogen (secondary N) is 1. The van der Waals surface area contributed by atoms with E-state index in [0.717, 1.165) is 12.8 Å². The molecule has 2 fully saturated rings. The van der Waals surface area contributed by atoms with E-state index < -0.39 is 47.7 Å². The molecule has 12 heteroatoms. The number of cyclic esters (lactones) is 1. The van der Waals surface area contributed by atoms with Gasteiger partial charge in [-0.3, -0.25) is 19.2 Å². The van der Waals surface area contributed by atoms with Crippen molar-refractivity contribution >= 4 is 39.6 Å². The average molecular weight is 731 g/mol. The number of allylic oxidation sites excluding steroid dienone is 1. The minimum absolute atomic E-state index is 0.0407. The summed E-state index contributed by atoms with van der Waals surface area (Å²) in [5.41, 5.74) is -0.709. The lowest BCUT2D eigenvalue weighted by Gasteiger charge is -2.38. The number of methoxy groups -OCH3 is 1. The molecule has 48 heavy (non-hydrogen) atoms. The Bertz CT molecular complexity index is 1390. The Morgan fingerprint density at radius 3 is 2.56 bits per heavy atom. The molecule has 4 aliphatic rings. The molecule has 5 rings (SSSR count). The summed E-state index contributed by atoms with van der Waals surface area (Å²) in [4.78, 5) is 60.3. The lowest BCUT2D eigenvalue weighted by atomic mass is 9.74. The maximum absolute atomic E-state index is 14.8. The number of likely N-dealkylation sites (tertiary alicyclic amines) is 1. The highest BCUT2D eigenvalue weighted by Crippen LogP contribution is 2.59. The first-order valence-electron chi connectivity index (χ1n) is 17.1. The molecule has 1 aromatic carbocycles. The number of amides is 3. The number of carbonyl (C=O) groups is 4. The Balaban J connectivity index is 1.61. The molecule has 0 radical (unpaired) electrons. The molecule has 4 heterocycles. The van der Waals surface area contributed by atoms with Gasteiger partial charge in [0, 0.05) is 43.8 Å². The van der Waals surface area contributed by atoms with Crippen LogP contribution in [0, 0.1) is 11.8 Å². The molecular formula is C36H48BrN3O8. The predicted octanol–water partition coefficient (Wildman–Crippen LogP) is 3.81. The van der Waals surface area contributed by atoms with Gasteiger partial charge < -0.3 is 34.4 Å². The van der Waals surface area contributed by atoms with Gasteiger partial charge in [-0.05, 0) is 50.7 Å². The van der Waals surface area contributed by atoms with E-state index in [9.17, 15) is 24.3 Å². The van der Waals surface area contributed by atoms with Crippen molar-refractivity contribution in [3.63, 3.8) is 0 Å². The Labute approximate surface area is 291 Å². The number of hydrogen-bond acceptors (Lipinski definition) is 8. The van der Waals surface area contributed by atoms with Crippen LogP contribution in [0.25, 0.3) is 0 Å². The number of nitrogens with zero attached hydrogens (tertiary/aromatic N) is 2. The van der Waals surface area contributed by atoms with E-state index in [4.69, 9.17) is 14.2 Å². The molecule has 262 valence electrons. The largest absolute Gasteiger partial charge is 0.455 e. The van der Waals surface area contributed by atoms with Crippen LogP contribution in [-0.2, 0) is 33.4 Å². The quantitative estimate of drug-likeness (QED) is 0.200. The summed E-state index contributed by atoms with van der Waals surface area (Å²) in [6.07, 6.45) is 7.99. The fraction of sp³-hybridized carbons (Fsp3) is 0.611. The highest BCUT2D eigenvalue weighted by molar-refractivity contribution is 9.11. The van der Waals surface area contributed by atoms with Gasteiger partial charge in [0.05, 0.1) is 18.6 Å². The van der Waals surface area contributed by atoms with Gasteiger partial charge in [-0.1, -0.05) is 71.8 Å². The second-order valence-electron chi connectivity index (χ2n) is 13.2. The number of carbonyl (C=O) groups excluding carboxylic acids is 4. The van der Waals surface area contributed by atoms with Crippen molar-refractivity contribution in [2.75, 3.05) is 33.4 Å². The number of unbranched alkanes of at least 4 members (excludes halogenated alkanes) is 2. The Morgan fingerprint density at radius 1 is 1.08 bits per heavy atom. The Morgan fingerprint density at radius 2 is 1.85 bits per heavy atom. The number of halogens is 1. The maximum Gasteiger partial charge on any atom is 0.313 e. The number of esters is 1. The summed E-state index contributed by atoms with van der Waals surface area (Å²) in [7, 11) is 1.52. The zero-order valence-corrected chi connectivity index (χ0v) is 29.6. The third-order valence-corrected chi connectivity index (χ3v) is 10.6. The van der Waals surface area contributed by atoms with Gasteiger partial charge in [0.1, 0.15) is 29.8 Å². The van der Waals surface area contributed by atoms with Crippen LogP contribution in [0.1, 0.15) is 70.5 Å². The Hall–Kier alpha value is -3.06. The van der Waals surface area contributed by atoms with Crippen LogP contribution in [0.5, 0.6) is 0 Å². The predicted molar refractivity (Wildman–Crippen MR) is 182 cm³/mol. The second-order valence-corrected chi connectivity index (χ2v) is 14.1. The monoisotopic (exact) mass is 729 g/mol. The lowest BCUT2D eigenvalue weighted by molar-refractivity contribution is -0.162. The highest BCUT2D eigenvalue weighted by atomic mass is 79.9. The molecule has 2 saturated heterocycles. The number of rotatable bonds is 11. The van der Waals surface area contributed by atoms with E-state index in [-0.39, 0.29) is 49.9 Å². The van der Waals surface area contributed by atoms with Crippen LogP contribution in [0.2, 0.25) is 0 Å². The molecule has 4 aliphatic heterocycles. The molecule has 11 nitrogen and oxygen atoms in total. The van der Waals surface area contributed by atoms with Crippen molar-refractivity contribution < 1.29 is 38.5 Å². The van der Waals surface area contributed by atoms with Gasteiger partial charge in [-0.15, -0.1) is 0 Å². The van der Waals surface area contributed by atoms with Crippen molar-refractivity contribution in [2.24, 2.45) is 11.8 Å². The summed E-state index contributed by atoms with van der Waals surface area (Å²) in [6, 6.07) is 7.32. The van der Waals surface area contributed by atoms with Gasteiger partial charge in [0.2, 0.25) is 17.7 Å². The lowest BCUT2D eigenvalue weighted by Crippen LogP contribution is -2.57. The van der Waals surface area contributed by atoms with E-state index in [0.29, 0.717) is 42.3 Å². The van der Waals surface area contributed by atoms with E-state index in [2.05, 4.69) is 28.2 Å². The summed E-state index contributed by atoms with van der Waals surface area (Å²) in [6.45, 7) is 4.77. The fourth-order valence-corrected chi connectivity index (χ4v) is 8.44. The third-order valence-electron chi connectivity index (χ3n) is 9.95.